The van der Waals surface area contributed by atoms with Crippen molar-refractivity contribution in [3.63, 3.8) is 0 Å². The Morgan fingerprint density at radius 3 is 2.78 bits per heavy atom. The van der Waals surface area contributed by atoms with Crippen molar-refractivity contribution in [2.75, 3.05) is 26.4 Å². The van der Waals surface area contributed by atoms with E-state index in [2.05, 4.69) is 0 Å². The van der Waals surface area contributed by atoms with Crippen LogP contribution in [0.5, 0.6) is 11.5 Å². The largest absolute Gasteiger partial charge is 0.486 e. The maximum absolute atomic E-state index is 12.7. The highest BCUT2D eigenvalue weighted by Gasteiger charge is 2.40. The first kappa shape index (κ1) is 15.6. The van der Waals surface area contributed by atoms with E-state index < -0.39 is 18.1 Å². The molecule has 1 fully saturated rings. The number of hydrogen-bond donors (Lipinski definition) is 1. The molecule has 1 aromatic carbocycles. The van der Waals surface area contributed by atoms with Gasteiger partial charge in [0.2, 0.25) is 0 Å². The topological polar surface area (TPSA) is 85.3 Å². The molecule has 2 aliphatic heterocycles. The molecule has 2 aliphatic rings. The number of rotatable bonds is 3. The molecule has 0 aliphatic carbocycles. The number of ether oxygens (including phenoxy) is 3. The van der Waals surface area contributed by atoms with E-state index in [0.29, 0.717) is 30.3 Å². The Hall–Kier alpha value is -2.28. The number of fused-ring (bicyclic) bond motifs is 1. The summed E-state index contributed by atoms with van der Waals surface area (Å²) in [4.78, 5) is 26.1. The molecule has 1 aromatic rings. The van der Waals surface area contributed by atoms with Crippen LogP contribution in [0.15, 0.2) is 18.2 Å². The van der Waals surface area contributed by atoms with Gasteiger partial charge in [-0.1, -0.05) is 0 Å². The summed E-state index contributed by atoms with van der Waals surface area (Å²) in [5.74, 6) is 0.275. The molecular formula is C16H19NO6. The molecule has 23 heavy (non-hydrogen) atoms. The van der Waals surface area contributed by atoms with Gasteiger partial charge in [-0.3, -0.25) is 4.79 Å². The predicted molar refractivity (Wildman–Crippen MR) is 79.5 cm³/mol. The van der Waals surface area contributed by atoms with Gasteiger partial charge < -0.3 is 24.2 Å². The summed E-state index contributed by atoms with van der Waals surface area (Å²) >= 11 is 0. The molecule has 0 saturated carbocycles. The molecular weight excluding hydrogens is 302 g/mol. The van der Waals surface area contributed by atoms with E-state index in [1.54, 1.807) is 25.1 Å². The van der Waals surface area contributed by atoms with E-state index in [0.717, 1.165) is 0 Å². The van der Waals surface area contributed by atoms with Gasteiger partial charge in [-0.2, -0.15) is 0 Å². The first-order valence-electron chi connectivity index (χ1n) is 7.65. The highest BCUT2D eigenvalue weighted by atomic mass is 16.6. The number of nitrogens with zero attached hydrogens (tertiary/aromatic N) is 1. The maximum Gasteiger partial charge on any atom is 0.328 e. The van der Waals surface area contributed by atoms with Crippen LogP contribution in [0, 0.1) is 0 Å². The summed E-state index contributed by atoms with van der Waals surface area (Å²) in [5, 5.41) is 9.83. The Balaban J connectivity index is 1.82. The minimum absolute atomic E-state index is 0.108. The fraction of sp³-hybridized carbons (Fsp3) is 0.500. The molecule has 2 atom stereocenters. The SMILES string of the molecule is CCOC(=O)C1CC(O)CN1C(=O)c1ccc2c(c1)OCCO2. The van der Waals surface area contributed by atoms with Gasteiger partial charge in [-0.25, -0.2) is 4.79 Å². The van der Waals surface area contributed by atoms with E-state index in [1.807, 2.05) is 0 Å². The van der Waals surface area contributed by atoms with Crippen molar-refractivity contribution in [2.45, 2.75) is 25.5 Å². The summed E-state index contributed by atoms with van der Waals surface area (Å²) in [6, 6.07) is 4.14. The number of benzene rings is 1. The lowest BCUT2D eigenvalue weighted by atomic mass is 10.1. The highest BCUT2D eigenvalue weighted by Crippen LogP contribution is 2.32. The van der Waals surface area contributed by atoms with E-state index in [4.69, 9.17) is 14.2 Å². The molecule has 0 bridgehead atoms. The van der Waals surface area contributed by atoms with Gasteiger partial charge in [0, 0.05) is 18.5 Å². The second kappa shape index (κ2) is 6.45. The van der Waals surface area contributed by atoms with E-state index in [9.17, 15) is 14.7 Å². The van der Waals surface area contributed by atoms with Crippen LogP contribution in [0.1, 0.15) is 23.7 Å². The van der Waals surface area contributed by atoms with Crippen LogP contribution >= 0.6 is 0 Å². The molecule has 3 rings (SSSR count). The number of aliphatic hydroxyl groups excluding tert-OH is 1. The summed E-state index contributed by atoms with van der Waals surface area (Å²) < 4.78 is 15.9. The van der Waals surface area contributed by atoms with Crippen molar-refractivity contribution >= 4 is 11.9 Å². The zero-order valence-corrected chi connectivity index (χ0v) is 12.9. The average molecular weight is 321 g/mol. The highest BCUT2D eigenvalue weighted by molar-refractivity contribution is 5.97. The van der Waals surface area contributed by atoms with Crippen molar-refractivity contribution in [1.29, 1.82) is 0 Å². The molecule has 1 saturated heterocycles. The monoisotopic (exact) mass is 321 g/mol. The Morgan fingerprint density at radius 1 is 1.30 bits per heavy atom. The number of hydrogen-bond acceptors (Lipinski definition) is 6. The normalized spacial score (nSPS) is 22.8. The van der Waals surface area contributed by atoms with Crippen LogP contribution in [0.4, 0.5) is 0 Å². The standard InChI is InChI=1S/C16H19NO6/c1-2-21-16(20)12-8-11(18)9-17(12)15(19)10-3-4-13-14(7-10)23-6-5-22-13/h3-4,7,11-12,18H,2,5-6,8-9H2,1H3. The van der Waals surface area contributed by atoms with Gasteiger partial charge in [-0.05, 0) is 25.1 Å². The Labute approximate surface area is 133 Å². The van der Waals surface area contributed by atoms with Gasteiger partial charge in [0.15, 0.2) is 11.5 Å². The van der Waals surface area contributed by atoms with E-state index in [1.165, 1.54) is 4.90 Å². The minimum atomic E-state index is -0.759. The molecule has 1 amide bonds. The third-order valence-corrected chi connectivity index (χ3v) is 3.89. The third kappa shape index (κ3) is 3.10. The van der Waals surface area contributed by atoms with Gasteiger partial charge in [0.25, 0.3) is 5.91 Å². The smallest absolute Gasteiger partial charge is 0.328 e. The van der Waals surface area contributed by atoms with Gasteiger partial charge >= 0.3 is 5.97 Å². The number of amides is 1. The van der Waals surface area contributed by atoms with Crippen molar-refractivity contribution < 1.29 is 28.9 Å². The third-order valence-electron chi connectivity index (χ3n) is 3.89. The Morgan fingerprint density at radius 2 is 2.04 bits per heavy atom. The number of esters is 1. The van der Waals surface area contributed by atoms with Crippen molar-refractivity contribution in [3.05, 3.63) is 23.8 Å². The summed E-state index contributed by atoms with van der Waals surface area (Å²) in [6.07, 6.45) is -0.541. The van der Waals surface area contributed by atoms with Gasteiger partial charge in [0.05, 0.1) is 12.7 Å². The summed E-state index contributed by atoms with van der Waals surface area (Å²) in [5.41, 5.74) is 0.387. The zero-order valence-electron chi connectivity index (χ0n) is 12.9. The lowest BCUT2D eigenvalue weighted by Crippen LogP contribution is -2.41. The molecule has 0 radical (unpaired) electrons. The van der Waals surface area contributed by atoms with Crippen LogP contribution < -0.4 is 9.47 Å². The maximum atomic E-state index is 12.7. The number of β-amino-alcohol motifs (C(OH)–C–C–N with tert-alkyl or cyclic N) is 1. The van der Waals surface area contributed by atoms with Crippen LogP contribution in [0.3, 0.4) is 0 Å². The van der Waals surface area contributed by atoms with Crippen LogP contribution in [0.2, 0.25) is 0 Å². The molecule has 1 N–H and O–H groups in total. The number of likely N-dealkylation sites (tertiary alicyclic amines) is 1. The second-order valence-corrected chi connectivity index (χ2v) is 5.47. The predicted octanol–water partition coefficient (Wildman–Crippen LogP) is 0.596. The number of aliphatic hydroxyl groups is 1. The Bertz CT molecular complexity index is 617. The first-order valence-corrected chi connectivity index (χ1v) is 7.65. The van der Waals surface area contributed by atoms with Crippen molar-refractivity contribution in [1.82, 2.24) is 4.90 Å². The minimum Gasteiger partial charge on any atom is -0.486 e. The van der Waals surface area contributed by atoms with Gasteiger partial charge in [0.1, 0.15) is 19.3 Å². The number of carbonyl (C=O) groups excluding carboxylic acids is 2. The lowest BCUT2D eigenvalue weighted by molar-refractivity contribution is -0.147. The zero-order chi connectivity index (χ0) is 16.4. The first-order chi connectivity index (χ1) is 11.1. The lowest BCUT2D eigenvalue weighted by Gasteiger charge is -2.24. The molecule has 0 aromatic heterocycles. The molecule has 124 valence electrons. The Kier molecular flexibility index (Phi) is 4.38. The summed E-state index contributed by atoms with van der Waals surface area (Å²) in [6.45, 7) is 2.95. The molecule has 7 nitrogen and oxygen atoms in total. The van der Waals surface area contributed by atoms with Crippen LogP contribution in [0.25, 0.3) is 0 Å². The van der Waals surface area contributed by atoms with E-state index in [-0.39, 0.29) is 25.5 Å². The average Bonchev–Trinajstić information content (AvgIpc) is 2.96. The van der Waals surface area contributed by atoms with Gasteiger partial charge in [-0.15, -0.1) is 0 Å². The van der Waals surface area contributed by atoms with Crippen LogP contribution in [-0.2, 0) is 9.53 Å². The van der Waals surface area contributed by atoms with Crippen LogP contribution in [-0.4, -0.2) is 60.4 Å². The molecule has 2 unspecified atom stereocenters. The molecule has 7 heteroatoms. The quantitative estimate of drug-likeness (QED) is 0.821. The van der Waals surface area contributed by atoms with Crippen molar-refractivity contribution in [2.24, 2.45) is 0 Å². The van der Waals surface area contributed by atoms with E-state index >= 15 is 0 Å². The fourth-order valence-electron chi connectivity index (χ4n) is 2.84. The summed E-state index contributed by atoms with van der Waals surface area (Å²) in [7, 11) is 0. The fourth-order valence-corrected chi connectivity index (χ4v) is 2.84. The second-order valence-electron chi connectivity index (χ2n) is 5.47. The number of carbonyl (C=O) groups is 2. The molecule has 2 heterocycles. The van der Waals surface area contributed by atoms with Crippen molar-refractivity contribution in [3.8, 4) is 11.5 Å². The molecule has 0 spiro atoms.